The number of rotatable bonds is 6. The Labute approximate surface area is 117 Å². The first kappa shape index (κ1) is 15.7. The molecule has 0 saturated carbocycles. The number of nitro benzene ring substituents is 1. The first-order valence-electron chi connectivity index (χ1n) is 6.41. The highest BCUT2D eigenvalue weighted by Crippen LogP contribution is 2.28. The van der Waals surface area contributed by atoms with Crippen LogP contribution in [0.3, 0.4) is 0 Å². The molecule has 1 rings (SSSR count). The highest BCUT2D eigenvalue weighted by Gasteiger charge is 2.14. The minimum absolute atomic E-state index is 0.0692. The maximum Gasteiger partial charge on any atom is 0.319 e. The summed E-state index contributed by atoms with van der Waals surface area (Å²) < 4.78 is 5.07. The molecule has 0 spiro atoms. The summed E-state index contributed by atoms with van der Waals surface area (Å²) in [7, 11) is 1.44. The lowest BCUT2D eigenvalue weighted by molar-refractivity contribution is -0.384. The molecule has 2 amide bonds. The van der Waals surface area contributed by atoms with Gasteiger partial charge in [-0.15, -0.1) is 0 Å². The van der Waals surface area contributed by atoms with Gasteiger partial charge < -0.3 is 15.4 Å². The second-order valence-corrected chi connectivity index (χ2v) is 4.25. The Kier molecular flexibility index (Phi) is 5.76. The molecular weight excluding hydrogens is 262 g/mol. The van der Waals surface area contributed by atoms with E-state index in [9.17, 15) is 14.9 Å². The number of hydrogen-bond acceptors (Lipinski definition) is 4. The molecule has 7 heteroatoms. The highest BCUT2D eigenvalue weighted by atomic mass is 16.6. The Morgan fingerprint density at radius 1 is 1.40 bits per heavy atom. The number of benzene rings is 1. The summed E-state index contributed by atoms with van der Waals surface area (Å²) in [6.45, 7) is 3.95. The number of nitrogens with zero attached hydrogens (tertiary/aromatic N) is 1. The van der Waals surface area contributed by atoms with Crippen molar-refractivity contribution in [2.24, 2.45) is 0 Å². The number of non-ortho nitro benzene ring substituents is 1. The number of amides is 2. The SMILES string of the molecule is CCC(CC)NC(=O)Nc1cc([N+](=O)[O-])ccc1OC. The van der Waals surface area contributed by atoms with E-state index in [0.717, 1.165) is 12.8 Å². The zero-order valence-corrected chi connectivity index (χ0v) is 11.8. The van der Waals surface area contributed by atoms with E-state index >= 15 is 0 Å². The maximum atomic E-state index is 11.8. The molecule has 7 nitrogen and oxygen atoms in total. The van der Waals surface area contributed by atoms with Gasteiger partial charge in [-0.05, 0) is 18.9 Å². The first-order valence-corrected chi connectivity index (χ1v) is 6.41. The molecule has 0 aliphatic heterocycles. The summed E-state index contributed by atoms with van der Waals surface area (Å²) in [4.78, 5) is 22.1. The smallest absolute Gasteiger partial charge is 0.319 e. The van der Waals surface area contributed by atoms with Gasteiger partial charge in [0.2, 0.25) is 0 Å². The average molecular weight is 281 g/mol. The predicted molar refractivity (Wildman–Crippen MR) is 76.2 cm³/mol. The molecule has 0 aliphatic carbocycles. The third-order valence-electron chi connectivity index (χ3n) is 2.96. The van der Waals surface area contributed by atoms with Crippen molar-refractivity contribution in [3.8, 4) is 5.75 Å². The van der Waals surface area contributed by atoms with Gasteiger partial charge in [0.25, 0.3) is 5.69 Å². The minimum atomic E-state index is -0.524. The van der Waals surface area contributed by atoms with Crippen molar-refractivity contribution in [3.63, 3.8) is 0 Å². The Morgan fingerprint density at radius 2 is 2.05 bits per heavy atom. The van der Waals surface area contributed by atoms with Crippen LogP contribution in [0.2, 0.25) is 0 Å². The topological polar surface area (TPSA) is 93.5 Å². The van der Waals surface area contributed by atoms with Crippen molar-refractivity contribution in [1.82, 2.24) is 5.32 Å². The number of nitro groups is 1. The van der Waals surface area contributed by atoms with Crippen LogP contribution in [0.4, 0.5) is 16.2 Å². The van der Waals surface area contributed by atoms with E-state index in [4.69, 9.17) is 4.74 Å². The lowest BCUT2D eigenvalue weighted by Crippen LogP contribution is -2.37. The number of methoxy groups -OCH3 is 1. The van der Waals surface area contributed by atoms with E-state index in [-0.39, 0.29) is 17.4 Å². The van der Waals surface area contributed by atoms with Crippen LogP contribution in [0.25, 0.3) is 0 Å². The number of nitrogens with one attached hydrogen (secondary N) is 2. The Hall–Kier alpha value is -2.31. The highest BCUT2D eigenvalue weighted by molar-refractivity contribution is 5.91. The minimum Gasteiger partial charge on any atom is -0.495 e. The summed E-state index contributed by atoms with van der Waals surface area (Å²) in [6.07, 6.45) is 1.63. The summed E-state index contributed by atoms with van der Waals surface area (Å²) >= 11 is 0. The molecule has 0 aliphatic rings. The number of anilines is 1. The molecule has 2 N–H and O–H groups in total. The molecule has 110 valence electrons. The van der Waals surface area contributed by atoms with Crippen molar-refractivity contribution in [2.75, 3.05) is 12.4 Å². The monoisotopic (exact) mass is 281 g/mol. The van der Waals surface area contributed by atoms with E-state index < -0.39 is 11.0 Å². The third kappa shape index (κ3) is 4.11. The molecule has 1 aromatic rings. The third-order valence-corrected chi connectivity index (χ3v) is 2.96. The van der Waals surface area contributed by atoms with Gasteiger partial charge in [0.1, 0.15) is 5.75 Å². The van der Waals surface area contributed by atoms with Gasteiger partial charge in [-0.2, -0.15) is 0 Å². The Bertz CT molecular complexity index is 487. The zero-order valence-electron chi connectivity index (χ0n) is 11.8. The van der Waals surface area contributed by atoms with E-state index in [1.165, 1.54) is 25.3 Å². The molecule has 0 unspecified atom stereocenters. The van der Waals surface area contributed by atoms with Crippen LogP contribution >= 0.6 is 0 Å². The number of urea groups is 1. The molecule has 0 bridgehead atoms. The molecule has 0 heterocycles. The molecule has 0 atom stereocenters. The van der Waals surface area contributed by atoms with Crippen LogP contribution in [-0.2, 0) is 0 Å². The quantitative estimate of drug-likeness (QED) is 0.619. The normalized spacial score (nSPS) is 10.2. The second-order valence-electron chi connectivity index (χ2n) is 4.25. The number of carbonyl (C=O) groups excluding carboxylic acids is 1. The van der Waals surface area contributed by atoms with Gasteiger partial charge in [-0.1, -0.05) is 13.8 Å². The first-order chi connectivity index (χ1) is 9.51. The molecule has 20 heavy (non-hydrogen) atoms. The summed E-state index contributed by atoms with van der Waals surface area (Å²) in [5, 5.41) is 16.1. The fourth-order valence-electron chi connectivity index (χ4n) is 1.74. The van der Waals surface area contributed by atoms with Gasteiger partial charge in [0, 0.05) is 18.2 Å². The fraction of sp³-hybridized carbons (Fsp3) is 0.462. The summed E-state index contributed by atoms with van der Waals surface area (Å²) in [6, 6.07) is 3.70. The van der Waals surface area contributed by atoms with Crippen LogP contribution in [0.5, 0.6) is 5.75 Å². The van der Waals surface area contributed by atoms with Crippen LogP contribution in [0, 0.1) is 10.1 Å². The fourth-order valence-corrected chi connectivity index (χ4v) is 1.74. The second kappa shape index (κ2) is 7.32. The molecule has 1 aromatic carbocycles. The molecule has 0 radical (unpaired) electrons. The number of hydrogen-bond donors (Lipinski definition) is 2. The van der Waals surface area contributed by atoms with Gasteiger partial charge in [-0.3, -0.25) is 10.1 Å². The van der Waals surface area contributed by atoms with Crippen molar-refractivity contribution < 1.29 is 14.5 Å². The van der Waals surface area contributed by atoms with E-state index in [0.29, 0.717) is 5.75 Å². The standard InChI is InChI=1S/C13H19N3O4/c1-4-9(5-2)14-13(17)15-11-8-10(16(18)19)6-7-12(11)20-3/h6-9H,4-5H2,1-3H3,(H2,14,15,17). The molecule has 0 saturated heterocycles. The number of ether oxygens (including phenoxy) is 1. The summed E-state index contributed by atoms with van der Waals surface area (Å²) in [5.41, 5.74) is 0.161. The van der Waals surface area contributed by atoms with Gasteiger partial charge in [0.05, 0.1) is 17.7 Å². The summed E-state index contributed by atoms with van der Waals surface area (Å²) in [5.74, 6) is 0.371. The zero-order chi connectivity index (χ0) is 15.1. The maximum absolute atomic E-state index is 11.8. The largest absolute Gasteiger partial charge is 0.495 e. The van der Waals surface area contributed by atoms with E-state index in [1.54, 1.807) is 0 Å². The van der Waals surface area contributed by atoms with E-state index in [1.807, 2.05) is 13.8 Å². The van der Waals surface area contributed by atoms with Crippen LogP contribution in [0.1, 0.15) is 26.7 Å². The lowest BCUT2D eigenvalue weighted by Gasteiger charge is -2.16. The van der Waals surface area contributed by atoms with Crippen molar-refractivity contribution in [1.29, 1.82) is 0 Å². The molecular formula is C13H19N3O4. The van der Waals surface area contributed by atoms with E-state index in [2.05, 4.69) is 10.6 Å². The average Bonchev–Trinajstić information content (AvgIpc) is 2.44. The van der Waals surface area contributed by atoms with Crippen molar-refractivity contribution in [2.45, 2.75) is 32.7 Å². The van der Waals surface area contributed by atoms with Crippen LogP contribution < -0.4 is 15.4 Å². The molecule has 0 fully saturated rings. The van der Waals surface area contributed by atoms with Crippen LogP contribution in [0.15, 0.2) is 18.2 Å². The lowest BCUT2D eigenvalue weighted by atomic mass is 10.2. The van der Waals surface area contributed by atoms with Crippen molar-refractivity contribution in [3.05, 3.63) is 28.3 Å². The molecule has 0 aromatic heterocycles. The Balaban J connectivity index is 2.86. The van der Waals surface area contributed by atoms with Gasteiger partial charge in [-0.25, -0.2) is 4.79 Å². The van der Waals surface area contributed by atoms with Crippen molar-refractivity contribution >= 4 is 17.4 Å². The van der Waals surface area contributed by atoms with Gasteiger partial charge in [0.15, 0.2) is 0 Å². The predicted octanol–water partition coefficient (Wildman–Crippen LogP) is 2.91. The number of carbonyl (C=O) groups is 1. The van der Waals surface area contributed by atoms with Gasteiger partial charge >= 0.3 is 6.03 Å². The Morgan fingerprint density at radius 3 is 2.55 bits per heavy atom. The van der Waals surface area contributed by atoms with Crippen LogP contribution in [-0.4, -0.2) is 24.1 Å².